The van der Waals surface area contributed by atoms with Crippen molar-refractivity contribution in [2.24, 2.45) is 0 Å². The number of hydrogen-bond donors (Lipinski definition) is 2. The minimum atomic E-state index is -3.77. The lowest BCUT2D eigenvalue weighted by atomic mass is 10.1. The highest BCUT2D eigenvalue weighted by Crippen LogP contribution is 2.28. The number of nitrogens with zero attached hydrogens (tertiary/aromatic N) is 2. The van der Waals surface area contributed by atoms with E-state index in [-0.39, 0.29) is 15.8 Å². The standard InChI is InChI=1S/C21H22N4O5S2/c1-4-20-23-24-21(31-20)25-32(27,28)16-8-6-15(7-9-16)22-12-11-17(26)14-5-10-18(29-2)19(13-14)30-3/h5-13,22H,4H2,1-3H3,(H,24,25)/b12-11-. The fraction of sp³-hybridized carbons (Fsp3) is 0.190. The van der Waals surface area contributed by atoms with E-state index in [0.29, 0.717) is 29.2 Å². The number of aromatic nitrogens is 2. The Bertz CT molecular complexity index is 1220. The number of carbonyl (C=O) groups excluding carboxylic acids is 1. The van der Waals surface area contributed by atoms with Gasteiger partial charge in [-0.2, -0.15) is 0 Å². The third kappa shape index (κ3) is 5.62. The minimum Gasteiger partial charge on any atom is -0.493 e. The average molecular weight is 475 g/mol. The van der Waals surface area contributed by atoms with Crippen molar-refractivity contribution in [2.45, 2.75) is 18.2 Å². The Hall–Kier alpha value is -3.44. The Morgan fingerprint density at radius 3 is 2.41 bits per heavy atom. The number of methoxy groups -OCH3 is 2. The van der Waals surface area contributed by atoms with Crippen LogP contribution < -0.4 is 19.5 Å². The highest BCUT2D eigenvalue weighted by Gasteiger charge is 2.16. The lowest BCUT2D eigenvalue weighted by Gasteiger charge is -2.08. The van der Waals surface area contributed by atoms with Crippen LogP contribution in [0.1, 0.15) is 22.3 Å². The normalized spacial score (nSPS) is 11.3. The molecule has 0 spiro atoms. The molecule has 0 saturated carbocycles. The van der Waals surface area contributed by atoms with Crippen molar-refractivity contribution in [3.05, 3.63) is 65.3 Å². The predicted molar refractivity (Wildman–Crippen MR) is 123 cm³/mol. The van der Waals surface area contributed by atoms with Crippen LogP contribution in [0.4, 0.5) is 10.8 Å². The van der Waals surface area contributed by atoms with E-state index >= 15 is 0 Å². The highest BCUT2D eigenvalue weighted by atomic mass is 32.2. The van der Waals surface area contributed by atoms with Crippen molar-refractivity contribution in [1.29, 1.82) is 0 Å². The van der Waals surface area contributed by atoms with Gasteiger partial charge in [-0.1, -0.05) is 18.3 Å². The third-order valence-electron chi connectivity index (χ3n) is 4.31. The van der Waals surface area contributed by atoms with Crippen LogP contribution in [0.5, 0.6) is 11.5 Å². The van der Waals surface area contributed by atoms with E-state index in [2.05, 4.69) is 20.2 Å². The van der Waals surface area contributed by atoms with Gasteiger partial charge >= 0.3 is 0 Å². The van der Waals surface area contributed by atoms with Gasteiger partial charge in [-0.05, 0) is 48.9 Å². The fourth-order valence-corrected chi connectivity index (χ4v) is 4.55. The summed E-state index contributed by atoms with van der Waals surface area (Å²) in [4.78, 5) is 12.4. The molecule has 0 atom stereocenters. The van der Waals surface area contributed by atoms with Crippen molar-refractivity contribution in [3.63, 3.8) is 0 Å². The maximum absolute atomic E-state index is 12.5. The molecule has 0 saturated heterocycles. The van der Waals surface area contributed by atoms with Crippen LogP contribution in [-0.4, -0.2) is 38.6 Å². The number of carbonyl (C=O) groups is 1. The first kappa shape index (κ1) is 23.2. The van der Waals surface area contributed by atoms with Crippen LogP contribution in [-0.2, 0) is 16.4 Å². The minimum absolute atomic E-state index is 0.0849. The second-order valence-electron chi connectivity index (χ2n) is 6.40. The van der Waals surface area contributed by atoms with Crippen molar-refractivity contribution in [2.75, 3.05) is 24.3 Å². The van der Waals surface area contributed by atoms with Crippen LogP contribution in [0.15, 0.2) is 59.6 Å². The summed E-state index contributed by atoms with van der Waals surface area (Å²) in [6.45, 7) is 1.92. The van der Waals surface area contributed by atoms with Gasteiger partial charge in [-0.3, -0.25) is 9.52 Å². The average Bonchev–Trinajstić information content (AvgIpc) is 3.25. The molecular formula is C21H22N4O5S2. The Morgan fingerprint density at radius 1 is 1.06 bits per heavy atom. The van der Waals surface area contributed by atoms with Crippen LogP contribution in [0.2, 0.25) is 0 Å². The summed E-state index contributed by atoms with van der Waals surface area (Å²) in [6, 6.07) is 11.0. The number of ether oxygens (including phenoxy) is 2. The molecule has 0 bridgehead atoms. The van der Waals surface area contributed by atoms with Gasteiger partial charge in [-0.15, -0.1) is 10.2 Å². The number of hydrogen-bond acceptors (Lipinski definition) is 9. The van der Waals surface area contributed by atoms with Gasteiger partial charge in [0.15, 0.2) is 17.3 Å². The number of anilines is 2. The second kappa shape index (κ2) is 10.2. The molecule has 0 unspecified atom stereocenters. The molecule has 1 aromatic heterocycles. The van der Waals surface area contributed by atoms with Gasteiger partial charge in [0.2, 0.25) is 5.13 Å². The molecule has 2 aromatic carbocycles. The van der Waals surface area contributed by atoms with E-state index in [4.69, 9.17) is 9.47 Å². The maximum Gasteiger partial charge on any atom is 0.263 e. The van der Waals surface area contributed by atoms with Gasteiger partial charge in [0.05, 0.1) is 19.1 Å². The predicted octanol–water partition coefficient (Wildman–Crippen LogP) is 3.73. The number of allylic oxidation sites excluding steroid dienone is 1. The van der Waals surface area contributed by atoms with Crippen molar-refractivity contribution < 1.29 is 22.7 Å². The molecule has 3 aromatic rings. The fourth-order valence-electron chi connectivity index (χ4n) is 2.64. The highest BCUT2D eigenvalue weighted by molar-refractivity contribution is 7.93. The van der Waals surface area contributed by atoms with Crippen molar-refractivity contribution in [1.82, 2.24) is 10.2 Å². The Balaban J connectivity index is 1.63. The Kier molecular flexibility index (Phi) is 7.44. The van der Waals surface area contributed by atoms with Gasteiger partial charge < -0.3 is 14.8 Å². The summed E-state index contributed by atoms with van der Waals surface area (Å²) in [7, 11) is -0.750. The van der Waals surface area contributed by atoms with Gasteiger partial charge in [-0.25, -0.2) is 8.42 Å². The molecule has 3 rings (SSSR count). The molecule has 0 amide bonds. The van der Waals surface area contributed by atoms with Crippen molar-refractivity contribution in [3.8, 4) is 11.5 Å². The van der Waals surface area contributed by atoms with Crippen LogP contribution >= 0.6 is 11.3 Å². The zero-order chi connectivity index (χ0) is 23.1. The van der Waals surface area contributed by atoms with E-state index in [1.807, 2.05) is 6.92 Å². The van der Waals surface area contributed by atoms with Crippen molar-refractivity contribution >= 4 is 38.0 Å². The Labute approximate surface area is 190 Å². The molecular weight excluding hydrogens is 452 g/mol. The quantitative estimate of drug-likeness (QED) is 0.337. The van der Waals surface area contributed by atoms with E-state index < -0.39 is 10.0 Å². The van der Waals surface area contributed by atoms with Crippen LogP contribution in [0.3, 0.4) is 0 Å². The largest absolute Gasteiger partial charge is 0.493 e. The molecule has 168 valence electrons. The van der Waals surface area contributed by atoms with Crippen LogP contribution in [0.25, 0.3) is 0 Å². The molecule has 0 radical (unpaired) electrons. The molecule has 0 aliphatic rings. The first-order valence-corrected chi connectivity index (χ1v) is 11.8. The van der Waals surface area contributed by atoms with Crippen LogP contribution in [0, 0.1) is 0 Å². The van der Waals surface area contributed by atoms with Gasteiger partial charge in [0.25, 0.3) is 10.0 Å². The van der Waals surface area contributed by atoms with E-state index in [0.717, 1.165) is 5.01 Å². The number of benzene rings is 2. The topological polar surface area (TPSA) is 120 Å². The zero-order valence-electron chi connectivity index (χ0n) is 17.7. The second-order valence-corrected chi connectivity index (χ2v) is 9.14. The third-order valence-corrected chi connectivity index (χ3v) is 6.78. The summed E-state index contributed by atoms with van der Waals surface area (Å²) < 4.78 is 37.8. The number of sulfonamides is 1. The summed E-state index contributed by atoms with van der Waals surface area (Å²) in [5.74, 6) is 0.766. The zero-order valence-corrected chi connectivity index (χ0v) is 19.3. The molecule has 9 nitrogen and oxygen atoms in total. The summed E-state index contributed by atoms with van der Waals surface area (Å²) in [6.07, 6.45) is 3.53. The van der Waals surface area contributed by atoms with Gasteiger partial charge in [0, 0.05) is 23.5 Å². The number of aryl methyl sites for hydroxylation is 1. The molecule has 32 heavy (non-hydrogen) atoms. The summed E-state index contributed by atoms with van der Waals surface area (Å²) in [5.41, 5.74) is 1.06. The summed E-state index contributed by atoms with van der Waals surface area (Å²) in [5, 5.41) is 11.6. The Morgan fingerprint density at radius 2 is 1.78 bits per heavy atom. The smallest absolute Gasteiger partial charge is 0.263 e. The molecule has 0 aliphatic heterocycles. The monoisotopic (exact) mass is 474 g/mol. The number of rotatable bonds is 10. The van der Waals surface area contributed by atoms with E-state index in [1.165, 1.54) is 50.0 Å². The number of nitrogens with one attached hydrogen (secondary N) is 2. The first-order valence-electron chi connectivity index (χ1n) is 9.51. The lowest BCUT2D eigenvalue weighted by Crippen LogP contribution is -2.12. The molecule has 0 aliphatic carbocycles. The molecule has 2 N–H and O–H groups in total. The summed E-state index contributed by atoms with van der Waals surface area (Å²) >= 11 is 1.19. The molecule has 11 heteroatoms. The first-order chi connectivity index (χ1) is 15.4. The number of ketones is 1. The maximum atomic E-state index is 12.5. The SMILES string of the molecule is CCc1nnc(NS(=O)(=O)c2ccc(N/C=C\C(=O)c3ccc(OC)c(OC)c3)cc2)s1. The van der Waals surface area contributed by atoms with Gasteiger partial charge in [0.1, 0.15) is 5.01 Å². The molecule has 0 fully saturated rings. The lowest BCUT2D eigenvalue weighted by molar-refractivity contribution is 0.104. The van der Waals surface area contributed by atoms with E-state index in [9.17, 15) is 13.2 Å². The van der Waals surface area contributed by atoms with E-state index in [1.54, 1.807) is 30.3 Å². The molecule has 1 heterocycles.